The molecule has 0 saturated heterocycles. The van der Waals surface area contributed by atoms with Gasteiger partial charge in [-0.05, 0) is 32.0 Å². The minimum Gasteiger partial charge on any atom is -0.291 e. The molecule has 0 amide bonds. The highest BCUT2D eigenvalue weighted by Crippen LogP contribution is 2.31. The molecule has 0 bridgehead atoms. The number of anilines is 1. The molecular weight excluding hydrogens is 397 g/mol. The molecule has 0 unspecified atom stereocenters. The van der Waals surface area contributed by atoms with Gasteiger partial charge < -0.3 is 0 Å². The summed E-state index contributed by atoms with van der Waals surface area (Å²) in [6.45, 7) is 3.30. The van der Waals surface area contributed by atoms with Crippen LogP contribution in [0.5, 0.6) is 0 Å². The summed E-state index contributed by atoms with van der Waals surface area (Å²) >= 11 is 6.29. The van der Waals surface area contributed by atoms with Gasteiger partial charge in [0.2, 0.25) is 5.95 Å². The van der Waals surface area contributed by atoms with Crippen LogP contribution in [0.15, 0.2) is 40.2 Å². The van der Waals surface area contributed by atoms with E-state index in [2.05, 4.69) is 25.6 Å². The minimum atomic E-state index is -4.48. The third kappa shape index (κ3) is 4.22. The molecule has 28 heavy (non-hydrogen) atoms. The van der Waals surface area contributed by atoms with Gasteiger partial charge in [-0.3, -0.25) is 9.78 Å². The highest BCUT2D eigenvalue weighted by molar-refractivity contribution is 6.32. The molecule has 0 atom stereocenters. The molecule has 2 heterocycles. The van der Waals surface area contributed by atoms with Crippen molar-refractivity contribution >= 4 is 23.8 Å². The first-order valence-corrected chi connectivity index (χ1v) is 8.33. The van der Waals surface area contributed by atoms with Crippen LogP contribution in [-0.4, -0.2) is 26.0 Å². The number of aromatic amines is 1. The van der Waals surface area contributed by atoms with Crippen LogP contribution < -0.4 is 11.0 Å². The largest absolute Gasteiger partial charge is 0.416 e. The fourth-order valence-corrected chi connectivity index (χ4v) is 2.75. The molecular formula is C17H14ClF3N6O. The normalized spacial score (nSPS) is 11.9. The summed E-state index contributed by atoms with van der Waals surface area (Å²) in [5.41, 5.74) is 2.96. The van der Waals surface area contributed by atoms with E-state index in [-0.39, 0.29) is 22.3 Å². The fraction of sp³-hybridized carbons (Fsp3) is 0.176. The zero-order chi connectivity index (χ0) is 20.5. The van der Waals surface area contributed by atoms with E-state index in [1.807, 2.05) is 0 Å². The van der Waals surface area contributed by atoms with Gasteiger partial charge in [0.15, 0.2) is 0 Å². The molecule has 0 aliphatic rings. The van der Waals surface area contributed by atoms with Crippen molar-refractivity contribution in [2.24, 2.45) is 5.10 Å². The van der Waals surface area contributed by atoms with Gasteiger partial charge >= 0.3 is 6.18 Å². The summed E-state index contributed by atoms with van der Waals surface area (Å²) in [6, 6.07) is 6.00. The lowest BCUT2D eigenvalue weighted by Crippen LogP contribution is -2.10. The number of alkyl halides is 3. The Kier molecular flexibility index (Phi) is 5.23. The van der Waals surface area contributed by atoms with Gasteiger partial charge in [-0.25, -0.2) is 15.1 Å². The lowest BCUT2D eigenvalue weighted by molar-refractivity contribution is -0.137. The van der Waals surface area contributed by atoms with E-state index in [1.165, 1.54) is 29.1 Å². The van der Waals surface area contributed by atoms with Crippen molar-refractivity contribution in [2.75, 3.05) is 5.43 Å². The molecule has 0 aliphatic carbocycles. The zero-order valence-corrected chi connectivity index (χ0v) is 15.4. The second kappa shape index (κ2) is 7.47. The van der Waals surface area contributed by atoms with E-state index >= 15 is 0 Å². The molecule has 146 valence electrons. The van der Waals surface area contributed by atoms with Gasteiger partial charge in [-0.1, -0.05) is 17.7 Å². The van der Waals surface area contributed by atoms with Gasteiger partial charge in [0, 0.05) is 11.8 Å². The number of hydrogen-bond acceptors (Lipinski definition) is 5. The number of rotatable bonds is 4. The second-order valence-corrected chi connectivity index (χ2v) is 6.21. The Morgan fingerprint density at radius 3 is 2.71 bits per heavy atom. The van der Waals surface area contributed by atoms with Gasteiger partial charge in [0.05, 0.1) is 28.7 Å². The highest BCUT2D eigenvalue weighted by Gasteiger charge is 2.30. The van der Waals surface area contributed by atoms with E-state index < -0.39 is 11.7 Å². The second-order valence-electron chi connectivity index (χ2n) is 5.86. The number of aryl methyl sites for hydroxylation is 2. The van der Waals surface area contributed by atoms with Crippen molar-refractivity contribution in [2.45, 2.75) is 20.0 Å². The third-order valence-electron chi connectivity index (χ3n) is 3.70. The minimum absolute atomic E-state index is 0.0908. The van der Waals surface area contributed by atoms with Crippen molar-refractivity contribution in [1.82, 2.24) is 19.7 Å². The molecule has 0 radical (unpaired) electrons. The van der Waals surface area contributed by atoms with Crippen LogP contribution in [-0.2, 0) is 6.18 Å². The van der Waals surface area contributed by atoms with Crippen LogP contribution in [0.25, 0.3) is 5.69 Å². The monoisotopic (exact) mass is 410 g/mol. The van der Waals surface area contributed by atoms with Crippen LogP contribution >= 0.6 is 11.6 Å². The number of aromatic nitrogens is 4. The Morgan fingerprint density at radius 1 is 1.29 bits per heavy atom. The predicted octanol–water partition coefficient (Wildman–Crippen LogP) is 3.69. The first-order chi connectivity index (χ1) is 13.1. The van der Waals surface area contributed by atoms with Crippen LogP contribution in [0, 0.1) is 13.8 Å². The van der Waals surface area contributed by atoms with Crippen molar-refractivity contribution in [3.05, 3.63) is 68.4 Å². The molecule has 7 nitrogen and oxygen atoms in total. The molecule has 11 heteroatoms. The number of nitrogens with zero attached hydrogens (tertiary/aromatic N) is 4. The summed E-state index contributed by atoms with van der Waals surface area (Å²) in [7, 11) is 0. The van der Waals surface area contributed by atoms with Crippen LogP contribution in [0.3, 0.4) is 0 Å². The standard InChI is InChI=1S/C17H14ClF3N6O/c1-9-6-14(28)24-16(23-9)25-22-8-13-10(2)26-27(15(13)18)12-5-3-4-11(7-12)17(19,20)21/h3-8H,1-2H3,(H2,23,24,25,28)/b22-8-. The smallest absolute Gasteiger partial charge is 0.291 e. The Labute approximate surface area is 161 Å². The number of hydrazone groups is 1. The maximum atomic E-state index is 12.9. The fourth-order valence-electron chi connectivity index (χ4n) is 2.43. The van der Waals surface area contributed by atoms with Crippen molar-refractivity contribution in [1.29, 1.82) is 0 Å². The molecule has 2 N–H and O–H groups in total. The SMILES string of the molecule is Cc1cc(=O)[nH]c(N/N=C\c2c(C)nn(-c3cccc(C(F)(F)F)c3)c2Cl)n1. The van der Waals surface area contributed by atoms with E-state index in [0.29, 0.717) is 17.0 Å². The van der Waals surface area contributed by atoms with Crippen LogP contribution in [0.2, 0.25) is 5.15 Å². The summed E-state index contributed by atoms with van der Waals surface area (Å²) in [5, 5.41) is 8.23. The van der Waals surface area contributed by atoms with Crippen LogP contribution in [0.1, 0.15) is 22.5 Å². The van der Waals surface area contributed by atoms with Crippen molar-refractivity contribution < 1.29 is 13.2 Å². The van der Waals surface area contributed by atoms with Gasteiger partial charge in [-0.2, -0.15) is 23.4 Å². The lowest BCUT2D eigenvalue weighted by Gasteiger charge is -2.09. The lowest BCUT2D eigenvalue weighted by atomic mass is 10.2. The van der Waals surface area contributed by atoms with E-state index in [9.17, 15) is 18.0 Å². The molecule has 0 fully saturated rings. The average molecular weight is 411 g/mol. The molecule has 2 aromatic heterocycles. The number of benzene rings is 1. The number of H-pyrrole nitrogens is 1. The predicted molar refractivity (Wildman–Crippen MR) is 99.1 cm³/mol. The maximum absolute atomic E-state index is 12.9. The van der Waals surface area contributed by atoms with Gasteiger partial charge in [0.1, 0.15) is 5.15 Å². The molecule has 1 aromatic carbocycles. The van der Waals surface area contributed by atoms with Crippen molar-refractivity contribution in [3.63, 3.8) is 0 Å². The molecule has 3 aromatic rings. The molecule has 0 saturated carbocycles. The summed E-state index contributed by atoms with van der Waals surface area (Å²) in [4.78, 5) is 17.9. The quantitative estimate of drug-likeness (QED) is 0.507. The Balaban J connectivity index is 1.89. The van der Waals surface area contributed by atoms with E-state index in [0.717, 1.165) is 12.1 Å². The maximum Gasteiger partial charge on any atom is 0.416 e. The Hall–Kier alpha value is -3.14. The Bertz CT molecular complexity index is 1100. The van der Waals surface area contributed by atoms with Crippen LogP contribution in [0.4, 0.5) is 19.1 Å². The topological polar surface area (TPSA) is 88.0 Å². The Morgan fingerprint density at radius 2 is 2.04 bits per heavy atom. The van der Waals surface area contributed by atoms with Gasteiger partial charge in [0.25, 0.3) is 5.56 Å². The van der Waals surface area contributed by atoms with Crippen molar-refractivity contribution in [3.8, 4) is 5.69 Å². The molecule has 0 spiro atoms. The third-order valence-corrected chi connectivity index (χ3v) is 4.06. The highest BCUT2D eigenvalue weighted by atomic mass is 35.5. The summed E-state index contributed by atoms with van der Waals surface area (Å²) in [6.07, 6.45) is -3.13. The van der Waals surface area contributed by atoms with E-state index in [4.69, 9.17) is 11.6 Å². The molecule has 3 rings (SSSR count). The number of hydrogen-bond donors (Lipinski definition) is 2. The average Bonchev–Trinajstić information content (AvgIpc) is 2.88. The van der Waals surface area contributed by atoms with E-state index in [1.54, 1.807) is 13.8 Å². The first kappa shape index (κ1) is 19.6. The zero-order valence-electron chi connectivity index (χ0n) is 14.7. The number of halogens is 4. The number of nitrogens with one attached hydrogen (secondary N) is 2. The summed E-state index contributed by atoms with van der Waals surface area (Å²) < 4.78 is 40.0. The van der Waals surface area contributed by atoms with Gasteiger partial charge in [-0.15, -0.1) is 0 Å². The summed E-state index contributed by atoms with van der Waals surface area (Å²) in [5.74, 6) is 0.139. The molecule has 0 aliphatic heterocycles. The first-order valence-electron chi connectivity index (χ1n) is 7.95.